The molecule has 44 heavy (non-hydrogen) atoms. The summed E-state index contributed by atoms with van der Waals surface area (Å²) in [7, 11) is 0. The van der Waals surface area contributed by atoms with Crippen LogP contribution >= 0.6 is 34.5 Å². The van der Waals surface area contributed by atoms with E-state index in [0.717, 1.165) is 17.7 Å². The van der Waals surface area contributed by atoms with E-state index >= 15 is 4.39 Å². The Balaban J connectivity index is 1.44. The molecule has 0 aliphatic carbocycles. The number of rotatable bonds is 9. The van der Waals surface area contributed by atoms with E-state index < -0.39 is 29.1 Å². The second-order valence-electron chi connectivity index (χ2n) is 10.1. The van der Waals surface area contributed by atoms with Gasteiger partial charge in [0.2, 0.25) is 6.33 Å². The average molecular weight is 656 g/mol. The van der Waals surface area contributed by atoms with E-state index in [1.807, 2.05) is 5.38 Å². The molecule has 3 aromatic carbocycles. The van der Waals surface area contributed by atoms with Crippen LogP contribution in [0.2, 0.25) is 10.0 Å². The van der Waals surface area contributed by atoms with Crippen molar-refractivity contribution >= 4 is 40.5 Å². The molecule has 0 saturated carbocycles. The van der Waals surface area contributed by atoms with Crippen molar-refractivity contribution in [2.24, 2.45) is 0 Å². The Kier molecular flexibility index (Phi) is 9.08. The number of hydrogen-bond donors (Lipinski definition) is 1. The molecule has 0 unspecified atom stereocenters. The quantitative estimate of drug-likeness (QED) is 0.112. The Morgan fingerprint density at radius 2 is 1.89 bits per heavy atom. The topological polar surface area (TPSA) is 105 Å². The molecular weight excluding hydrogens is 631 g/mol. The van der Waals surface area contributed by atoms with E-state index in [1.54, 1.807) is 54.2 Å². The maximum atomic E-state index is 15.2. The molecule has 5 aromatic rings. The van der Waals surface area contributed by atoms with Crippen LogP contribution in [0.4, 0.5) is 8.78 Å². The van der Waals surface area contributed by atoms with Gasteiger partial charge in [-0.25, -0.2) is 18.3 Å². The van der Waals surface area contributed by atoms with E-state index in [0.29, 0.717) is 21.8 Å². The highest BCUT2D eigenvalue weighted by Gasteiger charge is 2.43. The maximum Gasteiger partial charge on any atom is 0.308 e. The molecule has 2 aromatic heterocycles. The number of aromatic nitrogens is 4. The number of nitriles is 1. The van der Waals surface area contributed by atoms with Crippen molar-refractivity contribution in [1.82, 2.24) is 14.8 Å². The van der Waals surface area contributed by atoms with Crippen LogP contribution in [0.25, 0.3) is 11.3 Å². The van der Waals surface area contributed by atoms with Gasteiger partial charge in [0, 0.05) is 40.5 Å². The molecule has 0 radical (unpaired) electrons. The fourth-order valence-electron chi connectivity index (χ4n) is 4.76. The third kappa shape index (κ3) is 6.64. The summed E-state index contributed by atoms with van der Waals surface area (Å²) < 4.78 is 37.3. The lowest BCUT2D eigenvalue weighted by molar-refractivity contribution is -0.689. The largest absolute Gasteiger partial charge is 0.424 e. The minimum atomic E-state index is -1.89. The molecule has 2 heterocycles. The van der Waals surface area contributed by atoms with Gasteiger partial charge in [0.05, 0.1) is 38.9 Å². The first-order valence-corrected chi connectivity index (χ1v) is 14.8. The van der Waals surface area contributed by atoms with Crippen molar-refractivity contribution in [3.05, 3.63) is 116 Å². The molecule has 1 N–H and O–H groups in total. The van der Waals surface area contributed by atoms with Gasteiger partial charge in [0.25, 0.3) is 6.33 Å². The summed E-state index contributed by atoms with van der Waals surface area (Å²) in [5.41, 5.74) is 0.622. The van der Waals surface area contributed by atoms with Crippen molar-refractivity contribution in [2.75, 3.05) is 0 Å². The number of halogens is 4. The van der Waals surface area contributed by atoms with Crippen molar-refractivity contribution in [2.45, 2.75) is 38.5 Å². The molecule has 0 bridgehead atoms. The Bertz CT molecular complexity index is 1870. The summed E-state index contributed by atoms with van der Waals surface area (Å²) in [6.45, 7) is 3.05. The van der Waals surface area contributed by atoms with Crippen molar-refractivity contribution < 1.29 is 28.0 Å². The number of aliphatic hydroxyl groups is 1. The molecule has 0 aliphatic heterocycles. The Morgan fingerprint density at radius 3 is 2.52 bits per heavy atom. The first-order valence-electron chi connectivity index (χ1n) is 13.2. The summed E-state index contributed by atoms with van der Waals surface area (Å²) in [6.07, 6.45) is 3.13. The molecule has 0 fully saturated rings. The smallest absolute Gasteiger partial charge is 0.308 e. The van der Waals surface area contributed by atoms with E-state index in [-0.39, 0.29) is 34.4 Å². The van der Waals surface area contributed by atoms with Crippen LogP contribution in [0.15, 0.2) is 72.6 Å². The zero-order chi connectivity index (χ0) is 31.6. The lowest BCUT2D eigenvalue weighted by atomic mass is 9.82. The molecule has 0 saturated heterocycles. The molecule has 2 atom stereocenters. The maximum absolute atomic E-state index is 15.2. The first-order chi connectivity index (χ1) is 21.0. The van der Waals surface area contributed by atoms with Gasteiger partial charge in [0.1, 0.15) is 23.8 Å². The van der Waals surface area contributed by atoms with Crippen LogP contribution < -0.4 is 9.30 Å². The number of esters is 1. The Morgan fingerprint density at radius 1 is 1.18 bits per heavy atom. The van der Waals surface area contributed by atoms with Gasteiger partial charge in [-0.2, -0.15) is 5.26 Å². The number of ether oxygens (including phenoxy) is 1. The Hall–Kier alpha value is -4.21. The molecular formula is C31H24Cl2F2N5O3S+. The first kappa shape index (κ1) is 31.2. The third-order valence-corrected chi connectivity index (χ3v) is 8.61. The van der Waals surface area contributed by atoms with Crippen molar-refractivity contribution in [3.63, 3.8) is 0 Å². The molecule has 0 aliphatic rings. The van der Waals surface area contributed by atoms with Gasteiger partial charge in [0.15, 0.2) is 5.75 Å². The normalized spacial score (nSPS) is 13.2. The molecule has 5 rings (SSSR count). The minimum Gasteiger partial charge on any atom is -0.424 e. The van der Waals surface area contributed by atoms with Gasteiger partial charge < -0.3 is 9.84 Å². The van der Waals surface area contributed by atoms with Crippen LogP contribution in [0.1, 0.15) is 41.5 Å². The molecule has 224 valence electrons. The average Bonchev–Trinajstić information content (AvgIpc) is 3.64. The number of carbonyl (C=O) groups excluding carboxylic acids is 1. The SMILES string of the molecule is CC(=O)Oc1c(Cl)cc(C[n+]2cnn(C[C@](O)(c3ccc(F)cc3F)[C@@H](C)c3nc(-c4ccc(C#N)cc4)cs3)c2)cc1Cl. The monoisotopic (exact) mass is 654 g/mol. The van der Waals surface area contributed by atoms with E-state index in [9.17, 15) is 14.3 Å². The minimum absolute atomic E-state index is 0.0650. The lowest BCUT2D eigenvalue weighted by Crippen LogP contribution is -2.39. The number of hydrogen-bond acceptors (Lipinski definition) is 7. The molecule has 0 amide bonds. The number of thiazole rings is 1. The fraction of sp³-hybridized carbons (Fsp3) is 0.194. The van der Waals surface area contributed by atoms with E-state index in [1.165, 1.54) is 35.3 Å². The van der Waals surface area contributed by atoms with Gasteiger partial charge in [-0.1, -0.05) is 48.3 Å². The number of nitrogens with zero attached hydrogens (tertiary/aromatic N) is 5. The highest BCUT2D eigenvalue weighted by molar-refractivity contribution is 7.10. The number of benzene rings is 3. The second kappa shape index (κ2) is 12.8. The third-order valence-electron chi connectivity index (χ3n) is 7.02. The molecule has 13 heteroatoms. The van der Waals surface area contributed by atoms with Crippen LogP contribution in [-0.2, 0) is 23.5 Å². The van der Waals surface area contributed by atoms with Crippen LogP contribution in [0, 0.1) is 23.0 Å². The highest BCUT2D eigenvalue weighted by Crippen LogP contribution is 2.41. The van der Waals surface area contributed by atoms with E-state index in [4.69, 9.17) is 38.2 Å². The Labute approximate surface area is 265 Å². The van der Waals surface area contributed by atoms with Gasteiger partial charge in [-0.05, 0) is 35.9 Å². The standard InChI is InChI=1S/C31H24Cl2F2N5O3S/c1-18(30-38-28(14-44-30)22-5-3-20(12-36)4-6-22)31(42,24-8-7-23(34)11-27(24)35)15-40-17-39(16-37-40)13-21-9-25(32)29(26(33)10-21)43-19(2)41/h3-11,14,16-18,42H,13,15H2,1-2H3/q+1/t18-,31+/m0/s1. The van der Waals surface area contributed by atoms with Crippen LogP contribution in [0.3, 0.4) is 0 Å². The van der Waals surface area contributed by atoms with Gasteiger partial charge in [-0.3, -0.25) is 4.79 Å². The summed E-state index contributed by atoms with van der Waals surface area (Å²) in [4.78, 5) is 16.1. The van der Waals surface area contributed by atoms with Crippen molar-refractivity contribution in [3.8, 4) is 23.1 Å². The second-order valence-corrected chi connectivity index (χ2v) is 11.8. The van der Waals surface area contributed by atoms with E-state index in [2.05, 4.69) is 11.2 Å². The highest BCUT2D eigenvalue weighted by atomic mass is 35.5. The summed E-state index contributed by atoms with van der Waals surface area (Å²) in [5.74, 6) is -2.91. The molecule has 0 spiro atoms. The van der Waals surface area contributed by atoms with Gasteiger partial charge >= 0.3 is 5.97 Å². The van der Waals surface area contributed by atoms with Crippen LogP contribution in [0.5, 0.6) is 5.75 Å². The summed E-state index contributed by atoms with van der Waals surface area (Å²) >= 11 is 13.8. The summed E-state index contributed by atoms with van der Waals surface area (Å²) in [5, 5.41) is 28.3. The molecule has 8 nitrogen and oxygen atoms in total. The van der Waals surface area contributed by atoms with Crippen molar-refractivity contribution in [1.29, 1.82) is 5.26 Å². The number of carbonyl (C=O) groups is 1. The summed E-state index contributed by atoms with van der Waals surface area (Å²) in [6, 6.07) is 15.3. The van der Waals surface area contributed by atoms with Crippen LogP contribution in [-0.4, -0.2) is 25.8 Å². The zero-order valence-corrected chi connectivity index (χ0v) is 25.7. The predicted octanol–water partition coefficient (Wildman–Crippen LogP) is 6.42. The zero-order valence-electron chi connectivity index (χ0n) is 23.3. The predicted molar refractivity (Wildman–Crippen MR) is 160 cm³/mol. The fourth-order valence-corrected chi connectivity index (χ4v) is 6.34. The lowest BCUT2D eigenvalue weighted by Gasteiger charge is -2.32. The van der Waals surface area contributed by atoms with Gasteiger partial charge in [-0.15, -0.1) is 16.0 Å².